The zero-order valence-corrected chi connectivity index (χ0v) is 23.9. The van der Waals surface area contributed by atoms with Crippen LogP contribution >= 0.6 is 0 Å². The first kappa shape index (κ1) is 25.5. The molecule has 1 saturated heterocycles. The Labute approximate surface area is 243 Å². The number of ether oxygens (including phenoxy) is 1. The zero-order valence-electron chi connectivity index (χ0n) is 23.9. The fourth-order valence-electron chi connectivity index (χ4n) is 7.25. The van der Waals surface area contributed by atoms with Crippen LogP contribution in [-0.4, -0.2) is 61.4 Å². The number of aryl methyl sites for hydroxylation is 1. The van der Waals surface area contributed by atoms with Gasteiger partial charge in [-0.3, -0.25) is 9.59 Å². The number of likely N-dealkylation sites (tertiary alicyclic amines) is 1. The van der Waals surface area contributed by atoms with Gasteiger partial charge in [0.15, 0.2) is 11.6 Å². The van der Waals surface area contributed by atoms with E-state index in [4.69, 9.17) is 20.4 Å². The maximum absolute atomic E-state index is 13.7. The molecule has 9 nitrogen and oxygen atoms in total. The Bertz CT molecular complexity index is 1860. The SMILES string of the molecule is COc1cc(C(=O)N2CC3CCC2[C@@H]3N)cc2nc(-c3cc4ccc(C5=CC=CC(=O)C5)nc4n3CC3CC3)n(C)c12. The molecule has 3 fully saturated rings. The van der Waals surface area contributed by atoms with Crippen LogP contribution in [0.4, 0.5) is 0 Å². The fraction of sp³-hybridized carbons (Fsp3) is 0.394. The van der Waals surface area contributed by atoms with Gasteiger partial charge in [0.25, 0.3) is 5.91 Å². The van der Waals surface area contributed by atoms with Crippen molar-refractivity contribution in [1.82, 2.24) is 24.0 Å². The first-order valence-corrected chi connectivity index (χ1v) is 14.9. The van der Waals surface area contributed by atoms with Crippen molar-refractivity contribution >= 4 is 39.3 Å². The van der Waals surface area contributed by atoms with Gasteiger partial charge in [-0.05, 0) is 79.5 Å². The van der Waals surface area contributed by atoms with Crippen LogP contribution in [0.5, 0.6) is 5.75 Å². The van der Waals surface area contributed by atoms with Crippen molar-refractivity contribution in [1.29, 1.82) is 0 Å². The minimum atomic E-state index is -0.00465. The summed E-state index contributed by atoms with van der Waals surface area (Å²) in [5, 5.41) is 1.03. The van der Waals surface area contributed by atoms with Crippen LogP contribution in [0.15, 0.2) is 48.6 Å². The number of ketones is 1. The Morgan fingerprint density at radius 3 is 2.69 bits per heavy atom. The van der Waals surface area contributed by atoms with Crippen LogP contribution in [0.2, 0.25) is 0 Å². The van der Waals surface area contributed by atoms with Crippen molar-refractivity contribution < 1.29 is 14.3 Å². The summed E-state index contributed by atoms with van der Waals surface area (Å²) in [7, 11) is 3.63. The maximum Gasteiger partial charge on any atom is 0.254 e. The van der Waals surface area contributed by atoms with Crippen molar-refractivity contribution in [2.75, 3.05) is 13.7 Å². The third kappa shape index (κ3) is 3.94. The largest absolute Gasteiger partial charge is 0.494 e. The highest BCUT2D eigenvalue weighted by Gasteiger charge is 2.47. The average Bonchev–Trinajstić information content (AvgIpc) is 3.40. The molecule has 0 radical (unpaired) electrons. The Balaban J connectivity index is 1.24. The summed E-state index contributed by atoms with van der Waals surface area (Å²) in [6.45, 7) is 1.57. The summed E-state index contributed by atoms with van der Waals surface area (Å²) in [4.78, 5) is 37.9. The fourth-order valence-corrected chi connectivity index (χ4v) is 7.25. The molecule has 2 N–H and O–H groups in total. The van der Waals surface area contributed by atoms with Crippen molar-refractivity contribution in [3.05, 3.63) is 59.8 Å². The van der Waals surface area contributed by atoms with Crippen LogP contribution in [0.3, 0.4) is 0 Å². The standard InChI is InChI=1S/C33H34N6O3/c1-37-30-25(13-22(15-28(30)42-2)33(41)39-17-21-9-11-26(39)29(21)34)36-32(37)27-14-20-8-10-24(19-4-3-5-23(40)12-19)35-31(20)38(27)16-18-6-7-18/h3-5,8,10,13-15,18,21,26,29H,6-7,9,11-12,16-17,34H2,1-2H3/t21?,26?,29-/m1/s1. The molecular formula is C33H34N6O3. The number of aromatic nitrogens is 4. The highest BCUT2D eigenvalue weighted by molar-refractivity contribution is 6.01. The summed E-state index contributed by atoms with van der Waals surface area (Å²) in [5.41, 5.74) is 12.2. The van der Waals surface area contributed by atoms with Gasteiger partial charge >= 0.3 is 0 Å². The van der Waals surface area contributed by atoms with Crippen LogP contribution in [-0.2, 0) is 18.4 Å². The normalized spacial score (nSPS) is 23.4. The molecule has 1 aliphatic heterocycles. The van der Waals surface area contributed by atoms with E-state index in [-0.39, 0.29) is 23.8 Å². The number of hydrogen-bond donors (Lipinski definition) is 1. The molecule has 9 heteroatoms. The Morgan fingerprint density at radius 2 is 1.98 bits per heavy atom. The predicted molar refractivity (Wildman–Crippen MR) is 161 cm³/mol. The first-order chi connectivity index (χ1) is 20.4. The Kier molecular flexibility index (Phi) is 5.69. The number of rotatable bonds is 6. The van der Waals surface area contributed by atoms with Gasteiger partial charge < -0.3 is 24.5 Å². The molecule has 4 aromatic rings. The molecule has 2 bridgehead atoms. The van der Waals surface area contributed by atoms with Crippen LogP contribution < -0.4 is 10.5 Å². The van der Waals surface area contributed by atoms with E-state index in [0.717, 1.165) is 70.8 Å². The Morgan fingerprint density at radius 1 is 1.12 bits per heavy atom. The molecule has 1 aromatic carbocycles. The molecule has 1 amide bonds. The molecule has 2 saturated carbocycles. The van der Waals surface area contributed by atoms with Gasteiger partial charge in [0.2, 0.25) is 0 Å². The average molecular weight is 563 g/mol. The third-order valence-electron chi connectivity index (χ3n) is 9.70. The number of carbonyl (C=O) groups is 2. The number of benzene rings is 1. The lowest BCUT2D eigenvalue weighted by Crippen LogP contribution is -2.41. The summed E-state index contributed by atoms with van der Waals surface area (Å²) >= 11 is 0. The van der Waals surface area contributed by atoms with E-state index in [1.807, 2.05) is 36.2 Å². The van der Waals surface area contributed by atoms with Crippen LogP contribution in [0.25, 0.3) is 39.2 Å². The lowest BCUT2D eigenvalue weighted by molar-refractivity contribution is -0.113. The highest BCUT2D eigenvalue weighted by Crippen LogP contribution is 2.40. The number of amides is 1. The first-order valence-electron chi connectivity index (χ1n) is 14.9. The molecule has 2 unspecified atom stereocenters. The summed E-state index contributed by atoms with van der Waals surface area (Å²) < 4.78 is 10.2. The number of methoxy groups -OCH3 is 1. The van der Waals surface area contributed by atoms with Crippen molar-refractivity contribution in [2.45, 2.75) is 50.7 Å². The molecule has 3 aliphatic carbocycles. The molecule has 3 atom stereocenters. The number of piperidine rings is 1. The monoisotopic (exact) mass is 562 g/mol. The predicted octanol–water partition coefficient (Wildman–Crippen LogP) is 4.48. The van der Waals surface area contributed by atoms with Crippen molar-refractivity contribution in [3.8, 4) is 17.3 Å². The van der Waals surface area contributed by atoms with Gasteiger partial charge in [0.05, 0.1) is 24.0 Å². The smallest absolute Gasteiger partial charge is 0.254 e. The molecule has 214 valence electrons. The van der Waals surface area contributed by atoms with Crippen LogP contribution in [0.1, 0.15) is 48.2 Å². The summed E-state index contributed by atoms with van der Waals surface area (Å²) in [5.74, 6) is 2.51. The number of nitrogens with zero attached hydrogens (tertiary/aromatic N) is 5. The van der Waals surface area contributed by atoms with Gasteiger partial charge in [0, 0.05) is 49.6 Å². The number of allylic oxidation sites excluding steroid dienone is 4. The van der Waals surface area contributed by atoms with Gasteiger partial charge in [0.1, 0.15) is 16.9 Å². The maximum atomic E-state index is 13.7. The second-order valence-electron chi connectivity index (χ2n) is 12.4. The minimum absolute atomic E-state index is 0.00465. The zero-order chi connectivity index (χ0) is 28.7. The lowest BCUT2D eigenvalue weighted by atomic mass is 10.0. The number of fused-ring (bicyclic) bond motifs is 4. The molecule has 4 aliphatic rings. The lowest BCUT2D eigenvalue weighted by Gasteiger charge is -2.27. The van der Waals surface area contributed by atoms with E-state index in [1.165, 1.54) is 12.8 Å². The number of hydrogen-bond acceptors (Lipinski definition) is 6. The molecule has 42 heavy (non-hydrogen) atoms. The van der Waals surface area contributed by atoms with E-state index in [1.54, 1.807) is 19.3 Å². The highest BCUT2D eigenvalue weighted by atomic mass is 16.5. The Hall–Kier alpha value is -4.24. The second kappa shape index (κ2) is 9.39. The molecule has 0 spiro atoms. The van der Waals surface area contributed by atoms with Crippen molar-refractivity contribution in [2.24, 2.45) is 24.6 Å². The van der Waals surface area contributed by atoms with Gasteiger partial charge in [-0.2, -0.15) is 0 Å². The number of imidazole rings is 1. The van der Waals surface area contributed by atoms with Crippen LogP contribution in [0, 0.1) is 11.8 Å². The summed E-state index contributed by atoms with van der Waals surface area (Å²) in [6.07, 6.45) is 10.2. The van der Waals surface area contributed by atoms with Gasteiger partial charge in [-0.25, -0.2) is 9.97 Å². The number of nitrogens with two attached hydrogens (primary N) is 1. The van der Waals surface area contributed by atoms with E-state index in [9.17, 15) is 9.59 Å². The van der Waals surface area contributed by atoms with E-state index in [2.05, 4.69) is 21.3 Å². The molecule has 4 heterocycles. The molecule has 8 rings (SSSR count). The number of carbonyl (C=O) groups excluding carboxylic acids is 2. The van der Waals surface area contributed by atoms with E-state index in [0.29, 0.717) is 29.6 Å². The number of pyridine rings is 1. The second-order valence-corrected chi connectivity index (χ2v) is 12.4. The molecule has 3 aromatic heterocycles. The summed E-state index contributed by atoms with van der Waals surface area (Å²) in [6, 6.07) is 10.1. The quantitative estimate of drug-likeness (QED) is 0.371. The van der Waals surface area contributed by atoms with Crippen molar-refractivity contribution in [3.63, 3.8) is 0 Å². The van der Waals surface area contributed by atoms with E-state index < -0.39 is 0 Å². The van der Waals surface area contributed by atoms with Gasteiger partial charge in [-0.15, -0.1) is 0 Å². The minimum Gasteiger partial charge on any atom is -0.494 e. The third-order valence-corrected chi connectivity index (χ3v) is 9.70. The van der Waals surface area contributed by atoms with Gasteiger partial charge in [-0.1, -0.05) is 12.2 Å². The molecular weight excluding hydrogens is 528 g/mol. The topological polar surface area (TPSA) is 108 Å². The van der Waals surface area contributed by atoms with E-state index >= 15 is 0 Å².